The van der Waals surface area contributed by atoms with Gasteiger partial charge in [-0.05, 0) is 35.5 Å². The number of aliphatic hydroxyl groups is 1. The number of aliphatic hydroxyl groups excluding tert-OH is 1. The molecule has 2 rings (SSSR count). The van der Waals surface area contributed by atoms with E-state index in [0.717, 1.165) is 22.3 Å². The summed E-state index contributed by atoms with van der Waals surface area (Å²) in [5, 5.41) is 10.8. The van der Waals surface area contributed by atoms with Gasteiger partial charge in [0.15, 0.2) is 0 Å². The van der Waals surface area contributed by atoms with Gasteiger partial charge in [-0.15, -0.1) is 17.4 Å². The minimum Gasteiger partial charge on any atom is -0.564 e. The van der Waals surface area contributed by atoms with Crippen LogP contribution in [0, 0.1) is 17.3 Å². The summed E-state index contributed by atoms with van der Waals surface area (Å²) in [6.45, 7) is 16.5. The number of hydrogen-bond donors (Lipinski definition) is 1. The fourth-order valence-electron chi connectivity index (χ4n) is 3.04. The van der Waals surface area contributed by atoms with Crippen molar-refractivity contribution < 1.29 is 9.90 Å². The summed E-state index contributed by atoms with van der Waals surface area (Å²) in [7, 11) is 0. The Morgan fingerprint density at radius 3 is 2.04 bits per heavy atom. The second-order valence-electron chi connectivity index (χ2n) is 9.04. The highest BCUT2D eigenvalue weighted by atomic mass is 16.3. The number of hydrogen-bond acceptors (Lipinski definition) is 1. The van der Waals surface area contributed by atoms with E-state index >= 15 is 0 Å². The van der Waals surface area contributed by atoms with E-state index in [4.69, 9.17) is 0 Å². The van der Waals surface area contributed by atoms with Crippen molar-refractivity contribution in [1.29, 1.82) is 0 Å². The number of ketones is 1. The maximum atomic E-state index is 10.8. The topological polar surface area (TPSA) is 41.6 Å². The average molecular weight is 338 g/mol. The van der Waals surface area contributed by atoms with Gasteiger partial charge in [0, 0.05) is 5.76 Å². The molecule has 0 aromatic carbocycles. The predicted octanol–water partition coefficient (Wildman–Crippen LogP) is 5.94. The Morgan fingerprint density at radius 1 is 0.920 bits per heavy atom. The molecule has 2 nitrogen and oxygen atoms in total. The molecule has 25 heavy (non-hydrogen) atoms. The lowest BCUT2D eigenvalue weighted by Crippen LogP contribution is -2.21. The predicted molar refractivity (Wildman–Crippen MR) is 106 cm³/mol. The zero-order valence-corrected chi connectivity index (χ0v) is 16.7. The smallest absolute Gasteiger partial charge is 0.358 e. The molecule has 0 unspecified atom stereocenters. The van der Waals surface area contributed by atoms with Gasteiger partial charge in [0.2, 0.25) is 0 Å². The number of rotatable bonds is 0. The van der Waals surface area contributed by atoms with E-state index in [2.05, 4.69) is 47.3 Å². The molecule has 2 heteroatoms. The van der Waals surface area contributed by atoms with Gasteiger partial charge in [-0.3, -0.25) is 4.79 Å². The SMILES string of the molecule is CC1=CC(=C=C2C=C(C)[CH-]C(C(C)(C)C)=C2O)C(=[OH+])C(C(C)(C)C)=C1. The number of carbonyl (C=O) groups excluding carboxylic acids is 1. The van der Waals surface area contributed by atoms with E-state index in [1.54, 1.807) is 0 Å². The molecule has 0 heterocycles. The van der Waals surface area contributed by atoms with Crippen molar-refractivity contribution >= 4 is 5.78 Å². The molecule has 0 spiro atoms. The van der Waals surface area contributed by atoms with Crippen LogP contribution in [0.2, 0.25) is 0 Å². The minimum absolute atomic E-state index is 0.169. The third-order valence-corrected chi connectivity index (χ3v) is 4.39. The highest BCUT2D eigenvalue weighted by Gasteiger charge is 2.33. The van der Waals surface area contributed by atoms with Crippen LogP contribution in [0.1, 0.15) is 55.4 Å². The molecule has 0 atom stereocenters. The molecule has 0 amide bonds. The van der Waals surface area contributed by atoms with Crippen molar-refractivity contribution in [3.63, 3.8) is 0 Å². The fraction of sp³-hybridized carbons (Fsp3) is 0.435. The lowest BCUT2D eigenvalue weighted by Gasteiger charge is -2.34. The Morgan fingerprint density at radius 2 is 1.52 bits per heavy atom. The molecule has 0 aromatic heterocycles. The summed E-state index contributed by atoms with van der Waals surface area (Å²) in [6.07, 6.45) is 7.83. The summed E-state index contributed by atoms with van der Waals surface area (Å²) in [4.78, 5) is 10.8. The Labute approximate surface area is 152 Å². The van der Waals surface area contributed by atoms with Gasteiger partial charge in [-0.2, -0.15) is 12.0 Å². The van der Waals surface area contributed by atoms with Gasteiger partial charge in [0.1, 0.15) is 5.57 Å². The van der Waals surface area contributed by atoms with E-state index in [-0.39, 0.29) is 22.4 Å². The van der Waals surface area contributed by atoms with E-state index in [1.807, 2.05) is 38.5 Å². The Kier molecular flexibility index (Phi) is 4.81. The largest absolute Gasteiger partial charge is 0.564 e. The molecular formula is C23H30O2. The van der Waals surface area contributed by atoms with E-state index in [0.29, 0.717) is 11.1 Å². The van der Waals surface area contributed by atoms with Crippen LogP contribution < -0.4 is 0 Å². The first-order chi connectivity index (χ1) is 11.3. The third-order valence-electron chi connectivity index (χ3n) is 4.39. The lowest BCUT2D eigenvalue weighted by molar-refractivity contribution is 0.387. The maximum absolute atomic E-state index is 10.8. The third kappa shape index (κ3) is 4.08. The first kappa shape index (κ1) is 19.1. The van der Waals surface area contributed by atoms with Gasteiger partial charge in [-0.25, -0.2) is 0 Å². The molecule has 0 fully saturated rings. The quantitative estimate of drug-likeness (QED) is 0.253. The second-order valence-corrected chi connectivity index (χ2v) is 9.04. The zero-order valence-electron chi connectivity index (χ0n) is 16.7. The van der Waals surface area contributed by atoms with Crippen molar-refractivity contribution in [2.45, 2.75) is 55.4 Å². The molecule has 0 radical (unpaired) electrons. The summed E-state index contributed by atoms with van der Waals surface area (Å²) in [5.74, 6) is 0.465. The summed E-state index contributed by atoms with van der Waals surface area (Å²) in [6, 6.07) is 0. The highest BCUT2D eigenvalue weighted by molar-refractivity contribution is 6.13. The van der Waals surface area contributed by atoms with Crippen LogP contribution >= 0.6 is 0 Å². The Hall–Kier alpha value is -2.18. The molecule has 2 N–H and O–H groups in total. The van der Waals surface area contributed by atoms with Crippen molar-refractivity contribution in [2.75, 3.05) is 0 Å². The van der Waals surface area contributed by atoms with Crippen LogP contribution in [0.4, 0.5) is 0 Å². The summed E-state index contributed by atoms with van der Waals surface area (Å²) < 4.78 is 0. The first-order valence-electron chi connectivity index (χ1n) is 8.76. The molecule has 2 aliphatic carbocycles. The van der Waals surface area contributed by atoms with Crippen LogP contribution in [-0.4, -0.2) is 15.7 Å². The van der Waals surface area contributed by atoms with Crippen molar-refractivity contribution in [3.05, 3.63) is 69.6 Å². The first-order valence-corrected chi connectivity index (χ1v) is 8.76. The summed E-state index contributed by atoms with van der Waals surface area (Å²) in [5.41, 5.74) is 8.04. The molecule has 0 aromatic rings. The molecule has 134 valence electrons. The molecule has 0 aliphatic heterocycles. The molecule has 0 saturated carbocycles. The second kappa shape index (κ2) is 6.28. The van der Waals surface area contributed by atoms with Gasteiger partial charge in [0.05, 0.1) is 5.57 Å². The van der Waals surface area contributed by atoms with E-state index in [1.165, 1.54) is 0 Å². The average Bonchev–Trinajstić information content (AvgIpc) is 2.43. The Bertz CT molecular complexity index is 803. The van der Waals surface area contributed by atoms with Crippen molar-refractivity contribution in [3.8, 4) is 0 Å². The Balaban J connectivity index is 2.68. The fourth-order valence-corrected chi connectivity index (χ4v) is 3.04. The van der Waals surface area contributed by atoms with Crippen molar-refractivity contribution in [2.24, 2.45) is 10.8 Å². The van der Waals surface area contributed by atoms with Gasteiger partial charge in [-0.1, -0.05) is 54.0 Å². The molecule has 0 saturated heterocycles. The minimum atomic E-state index is -0.169. The van der Waals surface area contributed by atoms with Crippen LogP contribution in [-0.2, 0) is 0 Å². The molecular weight excluding hydrogens is 308 g/mol. The van der Waals surface area contributed by atoms with E-state index in [9.17, 15) is 9.90 Å². The molecule has 0 bridgehead atoms. The maximum Gasteiger partial charge on any atom is 0.358 e. The van der Waals surface area contributed by atoms with Gasteiger partial charge < -0.3 is 5.11 Å². The standard InChI is InChI=1S/C23H29O2/c1-14-9-16(20(24)18(11-14)22(3,4)5)13-17-10-15(2)12-19(21(17)25)23(6,7)8/h9-12,24H,1-8H3/q-1/p+1. The van der Waals surface area contributed by atoms with E-state index < -0.39 is 0 Å². The van der Waals surface area contributed by atoms with Gasteiger partial charge >= 0.3 is 5.78 Å². The monoisotopic (exact) mass is 338 g/mol. The highest BCUT2D eigenvalue weighted by Crippen LogP contribution is 2.38. The lowest BCUT2D eigenvalue weighted by atomic mass is 9.77. The van der Waals surface area contributed by atoms with Crippen molar-refractivity contribution in [1.82, 2.24) is 0 Å². The van der Waals surface area contributed by atoms with Crippen LogP contribution in [0.15, 0.2) is 63.2 Å². The molecule has 2 aliphatic rings. The number of allylic oxidation sites excluding steroid dienone is 7. The normalized spacial score (nSPS) is 19.2. The zero-order chi connectivity index (χ0) is 19.2. The van der Waals surface area contributed by atoms with Crippen LogP contribution in [0.3, 0.4) is 0 Å². The van der Waals surface area contributed by atoms with Crippen LogP contribution in [0.5, 0.6) is 0 Å². The van der Waals surface area contributed by atoms with Gasteiger partial charge in [0.25, 0.3) is 0 Å². The van der Waals surface area contributed by atoms with Crippen LogP contribution in [0.25, 0.3) is 0 Å². The summed E-state index contributed by atoms with van der Waals surface area (Å²) >= 11 is 0.